The largest absolute Gasteiger partial charge is 0.392 e. The van der Waals surface area contributed by atoms with Gasteiger partial charge in [-0.3, -0.25) is 9.69 Å². The van der Waals surface area contributed by atoms with E-state index < -0.39 is 0 Å². The molecule has 6 heteroatoms. The van der Waals surface area contributed by atoms with Gasteiger partial charge in [-0.15, -0.1) is 0 Å². The van der Waals surface area contributed by atoms with Crippen molar-refractivity contribution in [2.75, 3.05) is 13.1 Å². The smallest absolute Gasteiger partial charge is 0.273 e. The Morgan fingerprint density at radius 3 is 3.00 bits per heavy atom. The molecule has 0 radical (unpaired) electrons. The summed E-state index contributed by atoms with van der Waals surface area (Å²) < 4.78 is 5.22. The number of aromatic nitrogens is 1. The first-order valence-electron chi connectivity index (χ1n) is 7.37. The molecule has 6 nitrogen and oxygen atoms in total. The zero-order valence-electron chi connectivity index (χ0n) is 11.5. The fraction of sp³-hybridized carbons (Fsp3) is 0.714. The number of hydrogen-bond acceptors (Lipinski definition) is 5. The highest BCUT2D eigenvalue weighted by atomic mass is 16.5. The van der Waals surface area contributed by atoms with Crippen molar-refractivity contribution in [3.8, 4) is 0 Å². The van der Waals surface area contributed by atoms with Crippen molar-refractivity contribution >= 4 is 5.91 Å². The molecule has 1 aromatic rings. The molecule has 0 spiro atoms. The number of nitrogens with one attached hydrogen (secondary N) is 1. The summed E-state index contributed by atoms with van der Waals surface area (Å²) >= 11 is 0. The summed E-state index contributed by atoms with van der Waals surface area (Å²) in [7, 11) is 0. The number of likely N-dealkylation sites (tertiary alicyclic amines) is 1. The monoisotopic (exact) mass is 279 g/mol. The van der Waals surface area contributed by atoms with Gasteiger partial charge in [0.25, 0.3) is 5.91 Å². The van der Waals surface area contributed by atoms with Gasteiger partial charge in [0, 0.05) is 18.7 Å². The van der Waals surface area contributed by atoms with Gasteiger partial charge in [0.05, 0.1) is 12.6 Å². The van der Waals surface area contributed by atoms with E-state index in [1.165, 1.54) is 6.42 Å². The van der Waals surface area contributed by atoms with Gasteiger partial charge < -0.3 is 14.9 Å². The highest BCUT2D eigenvalue weighted by molar-refractivity contribution is 5.92. The van der Waals surface area contributed by atoms with Gasteiger partial charge in [0.15, 0.2) is 11.5 Å². The zero-order chi connectivity index (χ0) is 13.9. The summed E-state index contributed by atoms with van der Waals surface area (Å²) in [4.78, 5) is 14.0. The number of rotatable bonds is 4. The summed E-state index contributed by atoms with van der Waals surface area (Å²) in [6.45, 7) is 2.20. The molecule has 110 valence electrons. The van der Waals surface area contributed by atoms with Crippen LogP contribution < -0.4 is 5.32 Å². The lowest BCUT2D eigenvalue weighted by Crippen LogP contribution is -2.39. The average Bonchev–Trinajstić information content (AvgIpc) is 2.82. The standard InChI is InChI=1S/C14H21N3O3/c18-11-5-2-6-17(8-11)9-12-7-13(16-20-12)14(19)15-10-3-1-4-10/h7,10-11,18H,1-6,8-9H2,(H,15,19). The first-order valence-corrected chi connectivity index (χ1v) is 7.37. The van der Waals surface area contributed by atoms with Crippen molar-refractivity contribution in [1.29, 1.82) is 0 Å². The topological polar surface area (TPSA) is 78.6 Å². The molecule has 1 aromatic heterocycles. The van der Waals surface area contributed by atoms with E-state index in [0.717, 1.165) is 32.2 Å². The Morgan fingerprint density at radius 1 is 1.45 bits per heavy atom. The van der Waals surface area contributed by atoms with Gasteiger partial charge in [-0.2, -0.15) is 0 Å². The third kappa shape index (κ3) is 3.19. The normalized spacial score (nSPS) is 24.4. The molecule has 1 saturated heterocycles. The van der Waals surface area contributed by atoms with E-state index in [9.17, 15) is 9.90 Å². The van der Waals surface area contributed by atoms with Crippen LogP contribution in [0.5, 0.6) is 0 Å². The van der Waals surface area contributed by atoms with E-state index in [0.29, 0.717) is 30.6 Å². The Hall–Kier alpha value is -1.40. The number of aliphatic hydroxyl groups is 1. The highest BCUT2D eigenvalue weighted by Crippen LogP contribution is 2.19. The number of piperidine rings is 1. The fourth-order valence-electron chi connectivity index (χ4n) is 2.70. The molecule has 1 saturated carbocycles. The number of β-amino-alcohol motifs (C(OH)–C–C–N with tert-alkyl or cyclic N) is 1. The third-order valence-electron chi connectivity index (χ3n) is 4.09. The maximum atomic E-state index is 11.9. The summed E-state index contributed by atoms with van der Waals surface area (Å²) in [5, 5.41) is 16.4. The Labute approximate surface area is 118 Å². The van der Waals surface area contributed by atoms with E-state index in [2.05, 4.69) is 15.4 Å². The quantitative estimate of drug-likeness (QED) is 0.856. The van der Waals surface area contributed by atoms with Gasteiger partial charge in [-0.1, -0.05) is 5.16 Å². The molecule has 0 aromatic carbocycles. The van der Waals surface area contributed by atoms with Crippen LogP contribution in [-0.2, 0) is 6.54 Å². The van der Waals surface area contributed by atoms with Crippen LogP contribution in [0, 0.1) is 0 Å². The molecule has 1 aliphatic heterocycles. The molecule has 1 amide bonds. The molecular weight excluding hydrogens is 258 g/mol. The van der Waals surface area contributed by atoms with E-state index in [1.807, 2.05) is 0 Å². The lowest BCUT2D eigenvalue weighted by Gasteiger charge is -2.28. The number of amides is 1. The van der Waals surface area contributed by atoms with Gasteiger partial charge in [-0.25, -0.2) is 0 Å². The summed E-state index contributed by atoms with van der Waals surface area (Å²) in [6.07, 6.45) is 4.90. The van der Waals surface area contributed by atoms with E-state index in [-0.39, 0.29) is 12.0 Å². The fourth-order valence-corrected chi connectivity index (χ4v) is 2.70. The van der Waals surface area contributed by atoms with Gasteiger partial charge >= 0.3 is 0 Å². The van der Waals surface area contributed by atoms with Crippen LogP contribution in [0.1, 0.15) is 48.4 Å². The number of carbonyl (C=O) groups excluding carboxylic acids is 1. The zero-order valence-corrected chi connectivity index (χ0v) is 11.5. The first-order chi connectivity index (χ1) is 9.70. The van der Waals surface area contributed by atoms with Crippen LogP contribution >= 0.6 is 0 Å². The minimum Gasteiger partial charge on any atom is -0.392 e. The van der Waals surface area contributed by atoms with Crippen molar-refractivity contribution < 1.29 is 14.4 Å². The van der Waals surface area contributed by atoms with Crippen molar-refractivity contribution in [2.45, 2.75) is 50.8 Å². The molecule has 2 heterocycles. The van der Waals surface area contributed by atoms with Crippen molar-refractivity contribution in [3.63, 3.8) is 0 Å². The predicted octanol–water partition coefficient (Wildman–Crippen LogP) is 0.914. The number of carbonyl (C=O) groups is 1. The lowest BCUT2D eigenvalue weighted by atomic mass is 9.93. The van der Waals surface area contributed by atoms with Crippen LogP contribution in [0.3, 0.4) is 0 Å². The molecule has 1 atom stereocenters. The number of aliphatic hydroxyl groups excluding tert-OH is 1. The van der Waals surface area contributed by atoms with Crippen molar-refractivity contribution in [3.05, 3.63) is 17.5 Å². The first kappa shape index (κ1) is 13.6. The van der Waals surface area contributed by atoms with E-state index in [4.69, 9.17) is 4.52 Å². The molecule has 1 aliphatic carbocycles. The molecule has 1 unspecified atom stereocenters. The minimum absolute atomic E-state index is 0.150. The maximum absolute atomic E-state index is 11.9. The van der Waals surface area contributed by atoms with E-state index in [1.54, 1.807) is 6.07 Å². The Bertz CT molecular complexity index is 470. The second-order valence-electron chi connectivity index (χ2n) is 5.81. The summed E-state index contributed by atoms with van der Waals surface area (Å²) in [6, 6.07) is 2.01. The summed E-state index contributed by atoms with van der Waals surface area (Å²) in [5.74, 6) is 0.529. The van der Waals surface area contributed by atoms with Gasteiger partial charge in [0.2, 0.25) is 0 Å². The van der Waals surface area contributed by atoms with Crippen LogP contribution in [0.15, 0.2) is 10.6 Å². The van der Waals surface area contributed by atoms with Crippen LogP contribution in [0.2, 0.25) is 0 Å². The molecule has 2 fully saturated rings. The maximum Gasteiger partial charge on any atom is 0.273 e. The molecule has 2 N–H and O–H groups in total. The van der Waals surface area contributed by atoms with Crippen molar-refractivity contribution in [1.82, 2.24) is 15.4 Å². The summed E-state index contributed by atoms with van der Waals surface area (Å²) in [5.41, 5.74) is 0.351. The Balaban J connectivity index is 1.54. The van der Waals surface area contributed by atoms with Crippen molar-refractivity contribution in [2.24, 2.45) is 0 Å². The molecule has 0 bridgehead atoms. The van der Waals surface area contributed by atoms with Crippen LogP contribution in [0.25, 0.3) is 0 Å². The molecular formula is C14H21N3O3. The van der Waals surface area contributed by atoms with Gasteiger partial charge in [0.1, 0.15) is 0 Å². The molecule has 2 aliphatic rings. The number of hydrogen-bond donors (Lipinski definition) is 2. The average molecular weight is 279 g/mol. The third-order valence-corrected chi connectivity index (χ3v) is 4.09. The molecule has 20 heavy (non-hydrogen) atoms. The highest BCUT2D eigenvalue weighted by Gasteiger charge is 2.23. The minimum atomic E-state index is -0.256. The van der Waals surface area contributed by atoms with Crippen LogP contribution in [0.4, 0.5) is 0 Å². The second-order valence-corrected chi connectivity index (χ2v) is 5.81. The molecule has 3 rings (SSSR count). The Morgan fingerprint density at radius 2 is 2.30 bits per heavy atom. The Kier molecular flexibility index (Phi) is 4.03. The number of nitrogens with zero attached hydrogens (tertiary/aromatic N) is 2. The SMILES string of the molecule is O=C(NC1CCC1)c1cc(CN2CCCC(O)C2)on1. The second kappa shape index (κ2) is 5.93. The van der Waals surface area contributed by atoms with Gasteiger partial charge in [-0.05, 0) is 38.6 Å². The predicted molar refractivity (Wildman–Crippen MR) is 72.1 cm³/mol. The van der Waals surface area contributed by atoms with Crippen LogP contribution in [-0.4, -0.2) is 46.3 Å². The lowest BCUT2D eigenvalue weighted by molar-refractivity contribution is 0.0622. The van der Waals surface area contributed by atoms with E-state index >= 15 is 0 Å².